The molecule has 1 unspecified atom stereocenters. The van der Waals surface area contributed by atoms with Crippen molar-refractivity contribution >= 4 is 32.8 Å². The Labute approximate surface area is 172 Å². The number of rotatable bonds is 4. The Hall–Kier alpha value is -3.15. The van der Waals surface area contributed by atoms with E-state index in [2.05, 4.69) is 11.4 Å². The summed E-state index contributed by atoms with van der Waals surface area (Å²) < 4.78 is 31.4. The summed E-state index contributed by atoms with van der Waals surface area (Å²) in [5.41, 5.74) is 1.75. The monoisotopic (exact) mass is 424 g/mol. The van der Waals surface area contributed by atoms with Crippen molar-refractivity contribution in [2.24, 2.45) is 0 Å². The van der Waals surface area contributed by atoms with Crippen LogP contribution in [0.4, 0.5) is 5.69 Å². The van der Waals surface area contributed by atoms with E-state index in [0.717, 1.165) is 10.4 Å². The van der Waals surface area contributed by atoms with Crippen LogP contribution in [0.15, 0.2) is 63.7 Å². The quantitative estimate of drug-likeness (QED) is 0.684. The number of fused-ring (bicyclic) bond motifs is 1. The van der Waals surface area contributed by atoms with E-state index in [-0.39, 0.29) is 28.0 Å². The average Bonchev–Trinajstić information content (AvgIpc) is 3.18. The molecule has 4 rings (SSSR count). The van der Waals surface area contributed by atoms with Crippen LogP contribution < -0.4 is 10.1 Å². The number of sulfone groups is 1. The van der Waals surface area contributed by atoms with Crippen molar-refractivity contribution in [3.8, 4) is 11.8 Å². The molecule has 3 aromatic rings. The van der Waals surface area contributed by atoms with Gasteiger partial charge in [0.15, 0.2) is 0 Å². The highest BCUT2D eigenvalue weighted by atomic mass is 32.2. The van der Waals surface area contributed by atoms with Crippen molar-refractivity contribution in [3.63, 3.8) is 0 Å². The maximum Gasteiger partial charge on any atom is 0.225 e. The van der Waals surface area contributed by atoms with E-state index in [1.807, 2.05) is 12.1 Å². The average molecular weight is 425 g/mol. The lowest BCUT2D eigenvalue weighted by molar-refractivity contribution is -0.116. The lowest BCUT2D eigenvalue weighted by Gasteiger charge is -2.23. The van der Waals surface area contributed by atoms with Gasteiger partial charge in [0.05, 0.1) is 29.3 Å². The smallest absolute Gasteiger partial charge is 0.225 e. The molecular weight excluding hydrogens is 408 g/mol. The fourth-order valence-electron chi connectivity index (χ4n) is 3.34. The number of ether oxygens (including phenoxy) is 1. The molecular formula is C21H16N2O4S2. The molecule has 0 aliphatic carbocycles. The lowest BCUT2D eigenvalue weighted by Crippen LogP contribution is -2.23. The van der Waals surface area contributed by atoms with Gasteiger partial charge in [-0.2, -0.15) is 5.26 Å². The predicted octanol–water partition coefficient (Wildman–Crippen LogP) is 3.94. The number of nitriles is 1. The van der Waals surface area contributed by atoms with Crippen LogP contribution in [-0.4, -0.2) is 21.4 Å². The van der Waals surface area contributed by atoms with Gasteiger partial charge in [-0.25, -0.2) is 8.42 Å². The van der Waals surface area contributed by atoms with Gasteiger partial charge in [-0.05, 0) is 42.0 Å². The van der Waals surface area contributed by atoms with E-state index in [0.29, 0.717) is 17.0 Å². The van der Waals surface area contributed by atoms with Gasteiger partial charge in [0.1, 0.15) is 10.6 Å². The standard InChI is InChI=1S/C21H16N2O4S2/c1-27-15-6-8-16(9-7-15)29(25,26)18-12-28-21-17(10-19(24)23-20(18)21)14-4-2-13(11-22)3-5-14/h2-9,12,17H,10H2,1H3,(H,23,24). The second-order valence-corrected chi connectivity index (χ2v) is 9.39. The van der Waals surface area contributed by atoms with Crippen LogP contribution in [0.3, 0.4) is 0 Å². The zero-order valence-corrected chi connectivity index (χ0v) is 17.0. The number of nitrogens with one attached hydrogen (secondary N) is 1. The Morgan fingerprint density at radius 2 is 1.83 bits per heavy atom. The highest BCUT2D eigenvalue weighted by Gasteiger charge is 2.34. The lowest BCUT2D eigenvalue weighted by atomic mass is 9.90. The van der Waals surface area contributed by atoms with Crippen LogP contribution in [0.2, 0.25) is 0 Å². The number of methoxy groups -OCH3 is 1. The van der Waals surface area contributed by atoms with Crippen molar-refractivity contribution < 1.29 is 17.9 Å². The van der Waals surface area contributed by atoms with E-state index >= 15 is 0 Å². The summed E-state index contributed by atoms with van der Waals surface area (Å²) >= 11 is 1.31. The zero-order chi connectivity index (χ0) is 20.6. The number of nitrogens with zero attached hydrogens (tertiary/aromatic N) is 1. The molecule has 8 heteroatoms. The van der Waals surface area contributed by atoms with Gasteiger partial charge in [0.2, 0.25) is 15.7 Å². The van der Waals surface area contributed by atoms with E-state index in [1.165, 1.54) is 30.6 Å². The number of thiophene rings is 1. The minimum atomic E-state index is -3.80. The molecule has 29 heavy (non-hydrogen) atoms. The van der Waals surface area contributed by atoms with Crippen molar-refractivity contribution in [2.45, 2.75) is 22.1 Å². The van der Waals surface area contributed by atoms with E-state index < -0.39 is 9.84 Å². The molecule has 1 aromatic heterocycles. The molecule has 0 fully saturated rings. The molecule has 1 N–H and O–H groups in total. The van der Waals surface area contributed by atoms with E-state index in [9.17, 15) is 13.2 Å². The zero-order valence-electron chi connectivity index (χ0n) is 15.4. The maximum absolute atomic E-state index is 13.2. The Morgan fingerprint density at radius 1 is 1.14 bits per heavy atom. The number of amides is 1. The maximum atomic E-state index is 13.2. The van der Waals surface area contributed by atoms with Gasteiger partial charge >= 0.3 is 0 Å². The first-order chi connectivity index (χ1) is 13.9. The molecule has 146 valence electrons. The third kappa shape index (κ3) is 3.39. The van der Waals surface area contributed by atoms with Crippen molar-refractivity contribution in [1.82, 2.24) is 0 Å². The number of carbonyl (C=O) groups excluding carboxylic acids is 1. The Morgan fingerprint density at radius 3 is 2.45 bits per heavy atom. The molecule has 6 nitrogen and oxygen atoms in total. The largest absolute Gasteiger partial charge is 0.497 e. The van der Waals surface area contributed by atoms with Crippen LogP contribution in [-0.2, 0) is 14.6 Å². The van der Waals surface area contributed by atoms with Crippen LogP contribution in [0, 0.1) is 11.3 Å². The summed E-state index contributed by atoms with van der Waals surface area (Å²) in [7, 11) is -2.29. The van der Waals surface area contributed by atoms with Gasteiger partial charge in [0.25, 0.3) is 0 Å². The molecule has 2 aromatic carbocycles. The van der Waals surface area contributed by atoms with Crippen molar-refractivity contribution in [1.29, 1.82) is 5.26 Å². The van der Waals surface area contributed by atoms with Crippen LogP contribution in [0.25, 0.3) is 0 Å². The molecule has 0 radical (unpaired) electrons. The first-order valence-electron chi connectivity index (χ1n) is 8.74. The van der Waals surface area contributed by atoms with Crippen molar-refractivity contribution in [2.75, 3.05) is 12.4 Å². The Kier molecular flexibility index (Phi) is 4.86. The summed E-state index contributed by atoms with van der Waals surface area (Å²) in [6.45, 7) is 0. The normalized spacial score (nSPS) is 15.9. The number of hydrogen-bond donors (Lipinski definition) is 1. The minimum Gasteiger partial charge on any atom is -0.497 e. The highest BCUT2D eigenvalue weighted by molar-refractivity contribution is 7.91. The number of carbonyl (C=O) groups is 1. The minimum absolute atomic E-state index is 0.0920. The molecule has 2 heterocycles. The molecule has 0 spiro atoms. The third-order valence-corrected chi connectivity index (χ3v) is 7.90. The molecule has 1 aliphatic heterocycles. The van der Waals surface area contributed by atoms with Crippen LogP contribution in [0.1, 0.15) is 28.3 Å². The van der Waals surface area contributed by atoms with Gasteiger partial charge < -0.3 is 10.1 Å². The third-order valence-electron chi connectivity index (χ3n) is 4.86. The molecule has 0 saturated carbocycles. The summed E-state index contributed by atoms with van der Waals surface area (Å²) in [5.74, 6) is 0.0678. The second-order valence-electron chi connectivity index (χ2n) is 6.56. The Bertz CT molecular complexity index is 1220. The fraction of sp³-hybridized carbons (Fsp3) is 0.143. The summed E-state index contributed by atoms with van der Waals surface area (Å²) in [6, 6.07) is 15.2. The van der Waals surface area contributed by atoms with Gasteiger partial charge in [-0.1, -0.05) is 12.1 Å². The molecule has 0 bridgehead atoms. The van der Waals surface area contributed by atoms with Gasteiger partial charge in [-0.3, -0.25) is 4.79 Å². The molecule has 1 amide bonds. The number of anilines is 1. The fourth-order valence-corrected chi connectivity index (χ4v) is 6.25. The van der Waals surface area contributed by atoms with Crippen LogP contribution in [0.5, 0.6) is 5.75 Å². The molecule has 1 aliphatic rings. The highest BCUT2D eigenvalue weighted by Crippen LogP contribution is 2.45. The first-order valence-corrected chi connectivity index (χ1v) is 11.1. The SMILES string of the molecule is COc1ccc(S(=O)(=O)c2csc3c2NC(=O)CC3c2ccc(C#N)cc2)cc1. The number of benzene rings is 2. The van der Waals surface area contributed by atoms with Crippen LogP contribution >= 0.6 is 11.3 Å². The topological polar surface area (TPSA) is 96.3 Å². The van der Waals surface area contributed by atoms with E-state index in [4.69, 9.17) is 10.00 Å². The van der Waals surface area contributed by atoms with E-state index in [1.54, 1.807) is 29.6 Å². The molecule has 0 saturated heterocycles. The van der Waals surface area contributed by atoms with Gasteiger partial charge in [0, 0.05) is 22.6 Å². The molecule has 1 atom stereocenters. The summed E-state index contributed by atoms with van der Waals surface area (Å²) in [4.78, 5) is 13.4. The summed E-state index contributed by atoms with van der Waals surface area (Å²) in [6.07, 6.45) is 0.224. The predicted molar refractivity (Wildman–Crippen MR) is 109 cm³/mol. The Balaban J connectivity index is 1.78. The number of hydrogen-bond acceptors (Lipinski definition) is 6. The van der Waals surface area contributed by atoms with Crippen molar-refractivity contribution in [3.05, 3.63) is 69.9 Å². The van der Waals surface area contributed by atoms with Gasteiger partial charge in [-0.15, -0.1) is 11.3 Å². The summed E-state index contributed by atoms with van der Waals surface area (Å²) in [5, 5.41) is 13.3. The first kappa shape index (κ1) is 19.2. The second kappa shape index (κ2) is 7.35.